The summed E-state index contributed by atoms with van der Waals surface area (Å²) in [5, 5.41) is 0. The largest absolute Gasteiger partial charge is 0.461 e. The van der Waals surface area contributed by atoms with Crippen molar-refractivity contribution < 1.29 is 4.42 Å². The zero-order valence-electron chi connectivity index (χ0n) is 10.4. The van der Waals surface area contributed by atoms with Crippen molar-refractivity contribution in [1.82, 2.24) is 9.97 Å². The van der Waals surface area contributed by atoms with Gasteiger partial charge in [0, 0.05) is 5.56 Å². The third-order valence-corrected chi connectivity index (χ3v) is 3.37. The molecule has 1 aromatic carbocycles. The molecule has 2 heterocycles. The second kappa shape index (κ2) is 4.82. The van der Waals surface area contributed by atoms with Crippen LogP contribution in [0.4, 0.5) is 0 Å². The molecule has 0 radical (unpaired) electrons. The summed E-state index contributed by atoms with van der Waals surface area (Å²) >= 11 is 5.33. The van der Waals surface area contributed by atoms with E-state index in [0.29, 0.717) is 16.2 Å². The van der Waals surface area contributed by atoms with E-state index in [1.807, 2.05) is 49.4 Å². The van der Waals surface area contributed by atoms with Crippen molar-refractivity contribution in [1.29, 1.82) is 0 Å². The monoisotopic (exact) mass is 268 g/mol. The van der Waals surface area contributed by atoms with Crippen LogP contribution in [-0.4, -0.2) is 9.97 Å². The molecule has 0 aliphatic rings. The van der Waals surface area contributed by atoms with Gasteiger partial charge in [-0.25, -0.2) is 4.98 Å². The average Bonchev–Trinajstić information content (AvgIpc) is 2.97. The van der Waals surface area contributed by atoms with E-state index in [1.165, 1.54) is 0 Å². The number of rotatable bonds is 2. The van der Waals surface area contributed by atoms with Crippen LogP contribution in [0.5, 0.6) is 0 Å². The fourth-order valence-electron chi connectivity index (χ4n) is 1.96. The van der Waals surface area contributed by atoms with Gasteiger partial charge in [-0.2, -0.15) is 0 Å². The molecule has 19 heavy (non-hydrogen) atoms. The van der Waals surface area contributed by atoms with Gasteiger partial charge in [0.25, 0.3) is 0 Å². The number of aromatic amines is 1. The lowest BCUT2D eigenvalue weighted by molar-refractivity contribution is 0.577. The van der Waals surface area contributed by atoms with Gasteiger partial charge >= 0.3 is 0 Å². The molecule has 0 amide bonds. The number of benzene rings is 1. The highest BCUT2D eigenvalue weighted by Crippen LogP contribution is 2.24. The number of nitrogens with zero attached hydrogens (tertiary/aromatic N) is 1. The van der Waals surface area contributed by atoms with Crippen LogP contribution in [0.3, 0.4) is 0 Å². The first kappa shape index (κ1) is 11.9. The summed E-state index contributed by atoms with van der Waals surface area (Å²) in [5.74, 6) is 1.34. The van der Waals surface area contributed by atoms with Gasteiger partial charge in [-0.05, 0) is 24.6 Å². The van der Waals surface area contributed by atoms with Gasteiger partial charge in [-0.15, -0.1) is 0 Å². The van der Waals surface area contributed by atoms with E-state index < -0.39 is 0 Å². The molecule has 0 saturated carbocycles. The summed E-state index contributed by atoms with van der Waals surface area (Å²) in [6, 6.07) is 13.8. The Balaban J connectivity index is 2.23. The van der Waals surface area contributed by atoms with Gasteiger partial charge in [0.05, 0.1) is 12.0 Å². The molecular weight excluding hydrogens is 256 g/mol. The molecule has 0 atom stereocenters. The van der Waals surface area contributed by atoms with E-state index in [2.05, 4.69) is 9.97 Å². The number of hydrogen-bond acceptors (Lipinski definition) is 3. The highest BCUT2D eigenvalue weighted by atomic mass is 32.1. The van der Waals surface area contributed by atoms with Crippen molar-refractivity contribution in [2.24, 2.45) is 0 Å². The van der Waals surface area contributed by atoms with Crippen LogP contribution in [0.15, 0.2) is 53.1 Å². The molecule has 4 heteroatoms. The molecule has 0 spiro atoms. The Morgan fingerprint density at radius 1 is 1.11 bits per heavy atom. The fourth-order valence-corrected chi connectivity index (χ4v) is 2.15. The summed E-state index contributed by atoms with van der Waals surface area (Å²) < 4.78 is 5.95. The molecule has 3 nitrogen and oxygen atoms in total. The van der Waals surface area contributed by atoms with Crippen molar-refractivity contribution in [3.05, 3.63) is 58.9 Å². The number of aromatic nitrogens is 2. The lowest BCUT2D eigenvalue weighted by atomic mass is 10.1. The summed E-state index contributed by atoms with van der Waals surface area (Å²) in [6.45, 7) is 1.97. The summed E-state index contributed by atoms with van der Waals surface area (Å²) in [6.07, 6.45) is 1.62. The standard InChI is InChI=1S/C15H12N2OS/c1-10-13(11-6-3-2-4-7-11)16-14(17-15(10)19)12-8-5-9-18-12/h2-9H,1H3,(H,16,17,19). The molecule has 3 aromatic rings. The quantitative estimate of drug-likeness (QED) is 0.701. The zero-order valence-corrected chi connectivity index (χ0v) is 11.2. The number of hydrogen-bond donors (Lipinski definition) is 1. The maximum atomic E-state index is 5.37. The second-order valence-corrected chi connectivity index (χ2v) is 4.62. The molecule has 2 aromatic heterocycles. The Bertz CT molecular complexity index is 746. The Labute approximate surface area is 116 Å². The van der Waals surface area contributed by atoms with Crippen LogP contribution >= 0.6 is 12.2 Å². The maximum absolute atomic E-state index is 5.37. The third kappa shape index (κ3) is 2.22. The first-order chi connectivity index (χ1) is 9.25. The van der Waals surface area contributed by atoms with Gasteiger partial charge < -0.3 is 9.40 Å². The predicted octanol–water partition coefficient (Wildman–Crippen LogP) is 4.37. The van der Waals surface area contributed by atoms with Crippen molar-refractivity contribution in [2.45, 2.75) is 6.92 Å². The predicted molar refractivity (Wildman–Crippen MR) is 77.3 cm³/mol. The Kier molecular flexibility index (Phi) is 3.01. The molecule has 0 bridgehead atoms. The van der Waals surface area contributed by atoms with Crippen LogP contribution in [0.1, 0.15) is 5.56 Å². The molecule has 0 aliphatic carbocycles. The van der Waals surface area contributed by atoms with Gasteiger partial charge in [-0.1, -0.05) is 42.5 Å². The molecule has 3 rings (SSSR count). The van der Waals surface area contributed by atoms with E-state index in [0.717, 1.165) is 16.8 Å². The van der Waals surface area contributed by atoms with Crippen molar-refractivity contribution in [3.8, 4) is 22.8 Å². The van der Waals surface area contributed by atoms with E-state index in [1.54, 1.807) is 6.26 Å². The Hall–Kier alpha value is -2.20. The Morgan fingerprint density at radius 3 is 2.58 bits per heavy atom. The first-order valence-electron chi connectivity index (χ1n) is 5.96. The highest BCUT2D eigenvalue weighted by Gasteiger charge is 2.09. The van der Waals surface area contributed by atoms with Crippen LogP contribution in [0.25, 0.3) is 22.8 Å². The molecule has 0 saturated heterocycles. The topological polar surface area (TPSA) is 41.8 Å². The number of furan rings is 1. The lowest BCUT2D eigenvalue weighted by Crippen LogP contribution is -1.96. The minimum Gasteiger partial charge on any atom is -0.461 e. The summed E-state index contributed by atoms with van der Waals surface area (Å²) in [4.78, 5) is 7.67. The van der Waals surface area contributed by atoms with E-state index in [4.69, 9.17) is 16.6 Å². The molecule has 94 valence electrons. The third-order valence-electron chi connectivity index (χ3n) is 2.97. The second-order valence-electron chi connectivity index (χ2n) is 4.23. The van der Waals surface area contributed by atoms with Crippen LogP contribution in [0, 0.1) is 11.6 Å². The SMILES string of the molecule is Cc1c(-c2ccccc2)[nH]c(-c2ccco2)nc1=S. The lowest BCUT2D eigenvalue weighted by Gasteiger charge is -2.08. The summed E-state index contributed by atoms with van der Waals surface area (Å²) in [7, 11) is 0. The van der Waals surface area contributed by atoms with E-state index in [-0.39, 0.29) is 0 Å². The Morgan fingerprint density at radius 2 is 1.89 bits per heavy atom. The molecule has 0 aliphatic heterocycles. The molecular formula is C15H12N2OS. The minimum absolute atomic E-state index is 0.587. The normalized spacial score (nSPS) is 10.6. The van der Waals surface area contributed by atoms with Crippen molar-refractivity contribution >= 4 is 12.2 Å². The van der Waals surface area contributed by atoms with Crippen molar-refractivity contribution in [2.75, 3.05) is 0 Å². The molecule has 1 N–H and O–H groups in total. The summed E-state index contributed by atoms with van der Waals surface area (Å²) in [5.41, 5.74) is 3.03. The molecule has 0 unspecified atom stereocenters. The van der Waals surface area contributed by atoms with Crippen LogP contribution in [0.2, 0.25) is 0 Å². The van der Waals surface area contributed by atoms with Gasteiger partial charge in [-0.3, -0.25) is 0 Å². The van der Waals surface area contributed by atoms with E-state index >= 15 is 0 Å². The smallest absolute Gasteiger partial charge is 0.175 e. The average molecular weight is 268 g/mol. The highest BCUT2D eigenvalue weighted by molar-refractivity contribution is 7.71. The maximum Gasteiger partial charge on any atom is 0.175 e. The number of H-pyrrole nitrogens is 1. The number of nitrogens with one attached hydrogen (secondary N) is 1. The zero-order chi connectivity index (χ0) is 13.2. The minimum atomic E-state index is 0.587. The fraction of sp³-hybridized carbons (Fsp3) is 0.0667. The molecule has 0 fully saturated rings. The van der Waals surface area contributed by atoms with E-state index in [9.17, 15) is 0 Å². The van der Waals surface area contributed by atoms with Gasteiger partial charge in [0.15, 0.2) is 11.6 Å². The van der Waals surface area contributed by atoms with Gasteiger partial charge in [0.2, 0.25) is 0 Å². The first-order valence-corrected chi connectivity index (χ1v) is 6.37. The van der Waals surface area contributed by atoms with Crippen molar-refractivity contribution in [3.63, 3.8) is 0 Å². The van der Waals surface area contributed by atoms with Crippen LogP contribution < -0.4 is 0 Å². The van der Waals surface area contributed by atoms with Gasteiger partial charge in [0.1, 0.15) is 4.64 Å². The van der Waals surface area contributed by atoms with Crippen LogP contribution in [-0.2, 0) is 0 Å².